The first-order valence-corrected chi connectivity index (χ1v) is 11.9. The van der Waals surface area contributed by atoms with E-state index in [-0.39, 0.29) is 23.8 Å². The molecule has 0 spiro atoms. The average Bonchev–Trinajstić information content (AvgIpc) is 3.30. The topological polar surface area (TPSA) is 119 Å². The summed E-state index contributed by atoms with van der Waals surface area (Å²) in [5.41, 5.74) is 0.524. The Morgan fingerprint density at radius 3 is 2.70 bits per heavy atom. The van der Waals surface area contributed by atoms with Crippen molar-refractivity contribution in [3.63, 3.8) is 0 Å². The van der Waals surface area contributed by atoms with Crippen molar-refractivity contribution >= 4 is 38.9 Å². The lowest BCUT2D eigenvalue weighted by Crippen LogP contribution is -2.45. The third kappa shape index (κ3) is 5.05. The first-order chi connectivity index (χ1) is 14.4. The van der Waals surface area contributed by atoms with Crippen LogP contribution in [0.2, 0.25) is 0 Å². The minimum atomic E-state index is -3.55. The summed E-state index contributed by atoms with van der Waals surface area (Å²) in [6, 6.07) is 11.4. The van der Waals surface area contributed by atoms with Crippen molar-refractivity contribution < 1.29 is 18.0 Å². The quantitative estimate of drug-likeness (QED) is 0.660. The maximum absolute atomic E-state index is 12.9. The highest BCUT2D eigenvalue weighted by Crippen LogP contribution is 2.29. The number of nitriles is 1. The molecule has 1 aromatic carbocycles. The van der Waals surface area contributed by atoms with E-state index in [2.05, 4.69) is 10.6 Å². The number of nitrogens with zero attached hydrogens (tertiary/aromatic N) is 2. The van der Waals surface area contributed by atoms with Crippen LogP contribution in [-0.4, -0.2) is 43.7 Å². The van der Waals surface area contributed by atoms with Crippen LogP contribution < -0.4 is 10.6 Å². The third-order valence-electron chi connectivity index (χ3n) is 4.90. The van der Waals surface area contributed by atoms with Crippen LogP contribution in [0.5, 0.6) is 0 Å². The van der Waals surface area contributed by atoms with Gasteiger partial charge in [0.1, 0.15) is 10.3 Å². The van der Waals surface area contributed by atoms with Gasteiger partial charge >= 0.3 is 11.8 Å². The van der Waals surface area contributed by atoms with E-state index in [1.54, 1.807) is 41.8 Å². The Kier molecular flexibility index (Phi) is 7.20. The largest absolute Gasteiger partial charge is 0.348 e. The predicted molar refractivity (Wildman–Crippen MR) is 113 cm³/mol. The highest BCUT2D eigenvalue weighted by molar-refractivity contribution is 7.91. The molecule has 0 aliphatic carbocycles. The molecule has 2 N–H and O–H groups in total. The molecule has 1 atom stereocenters. The normalized spacial score (nSPS) is 17.1. The van der Waals surface area contributed by atoms with Crippen molar-refractivity contribution in [2.75, 3.05) is 18.4 Å². The smallest absolute Gasteiger partial charge is 0.313 e. The maximum atomic E-state index is 12.9. The number of benzene rings is 1. The van der Waals surface area contributed by atoms with Crippen LogP contribution in [0.1, 0.15) is 31.2 Å². The summed E-state index contributed by atoms with van der Waals surface area (Å²) in [6.45, 7) is 0.623. The minimum absolute atomic E-state index is 0.174. The summed E-state index contributed by atoms with van der Waals surface area (Å²) < 4.78 is 27.6. The van der Waals surface area contributed by atoms with Crippen molar-refractivity contribution in [2.24, 2.45) is 0 Å². The molecule has 10 heteroatoms. The zero-order chi connectivity index (χ0) is 21.6. The van der Waals surface area contributed by atoms with Gasteiger partial charge in [0.05, 0.1) is 11.3 Å². The highest BCUT2D eigenvalue weighted by atomic mass is 32.2. The van der Waals surface area contributed by atoms with Gasteiger partial charge in [-0.2, -0.15) is 9.57 Å². The Bertz CT molecular complexity index is 1050. The molecular formula is C20H22N4O4S2. The number of thiophene rings is 1. The zero-order valence-electron chi connectivity index (χ0n) is 16.2. The van der Waals surface area contributed by atoms with Gasteiger partial charge in [0, 0.05) is 19.1 Å². The molecule has 2 amide bonds. The van der Waals surface area contributed by atoms with Crippen LogP contribution in [-0.2, 0) is 19.6 Å². The van der Waals surface area contributed by atoms with Crippen LogP contribution in [0.15, 0.2) is 46.0 Å². The van der Waals surface area contributed by atoms with Gasteiger partial charge < -0.3 is 10.6 Å². The number of para-hydroxylation sites is 1. The Hall–Kier alpha value is -2.74. The molecule has 0 radical (unpaired) electrons. The third-order valence-corrected chi connectivity index (χ3v) is 8.22. The summed E-state index contributed by atoms with van der Waals surface area (Å²) in [6.07, 6.45) is 2.84. The number of sulfonamides is 1. The molecule has 0 saturated carbocycles. The lowest BCUT2D eigenvalue weighted by molar-refractivity contribution is -0.136. The molecule has 30 heavy (non-hydrogen) atoms. The van der Waals surface area contributed by atoms with E-state index in [9.17, 15) is 18.0 Å². The molecule has 2 aromatic rings. The van der Waals surface area contributed by atoms with Crippen LogP contribution >= 0.6 is 11.3 Å². The standard InChI is InChI=1S/C20H22N4O4S2/c21-14-15-6-1-2-8-17(15)23-20(26)19(25)22-11-10-16-7-3-4-12-24(16)30(27,28)18-9-5-13-29-18/h1-2,5-6,8-9,13,16H,3-4,7,10-12H2,(H,22,25)(H,23,26)/t16-/m1/s1. The van der Waals surface area contributed by atoms with Crippen molar-refractivity contribution in [1.29, 1.82) is 5.26 Å². The molecule has 158 valence electrons. The van der Waals surface area contributed by atoms with Gasteiger partial charge in [-0.1, -0.05) is 24.6 Å². The summed E-state index contributed by atoms with van der Waals surface area (Å²) in [5.74, 6) is -1.70. The van der Waals surface area contributed by atoms with Gasteiger partial charge in [0.25, 0.3) is 10.0 Å². The zero-order valence-corrected chi connectivity index (χ0v) is 17.8. The van der Waals surface area contributed by atoms with E-state index in [4.69, 9.17) is 5.26 Å². The second-order valence-corrected chi connectivity index (χ2v) is 9.92. The molecule has 1 saturated heterocycles. The molecule has 2 heterocycles. The van der Waals surface area contributed by atoms with Crippen molar-refractivity contribution in [2.45, 2.75) is 35.9 Å². The summed E-state index contributed by atoms with van der Waals surface area (Å²) in [7, 11) is -3.55. The van der Waals surface area contributed by atoms with E-state index < -0.39 is 21.8 Å². The number of amides is 2. The van der Waals surface area contributed by atoms with Crippen LogP contribution in [0.3, 0.4) is 0 Å². The second kappa shape index (κ2) is 9.84. The van der Waals surface area contributed by atoms with E-state index in [0.29, 0.717) is 23.6 Å². The number of hydrogen-bond donors (Lipinski definition) is 2. The van der Waals surface area contributed by atoms with Gasteiger partial charge in [0.15, 0.2) is 0 Å². The molecule has 8 nitrogen and oxygen atoms in total. The average molecular weight is 447 g/mol. The van der Waals surface area contributed by atoms with Crippen molar-refractivity contribution in [3.8, 4) is 6.07 Å². The van der Waals surface area contributed by atoms with Crippen molar-refractivity contribution in [3.05, 3.63) is 47.3 Å². The SMILES string of the molecule is N#Cc1ccccc1NC(=O)C(=O)NCC[C@H]1CCCCN1S(=O)(=O)c1cccs1. The van der Waals surface area contributed by atoms with E-state index in [1.165, 1.54) is 15.6 Å². The fourth-order valence-electron chi connectivity index (χ4n) is 3.41. The number of carbonyl (C=O) groups is 2. The first kappa shape index (κ1) is 22.0. The monoisotopic (exact) mass is 446 g/mol. The first-order valence-electron chi connectivity index (χ1n) is 9.57. The maximum Gasteiger partial charge on any atom is 0.313 e. The molecule has 0 unspecified atom stereocenters. The Morgan fingerprint density at radius 1 is 1.17 bits per heavy atom. The minimum Gasteiger partial charge on any atom is -0.348 e. The lowest BCUT2D eigenvalue weighted by atomic mass is 10.0. The molecule has 1 fully saturated rings. The van der Waals surface area contributed by atoms with Crippen LogP contribution in [0.4, 0.5) is 5.69 Å². The lowest BCUT2D eigenvalue weighted by Gasteiger charge is -2.34. The van der Waals surface area contributed by atoms with E-state index in [0.717, 1.165) is 12.8 Å². The van der Waals surface area contributed by atoms with Crippen molar-refractivity contribution in [1.82, 2.24) is 9.62 Å². The fraction of sp³-hybridized carbons (Fsp3) is 0.350. The number of carbonyl (C=O) groups excluding carboxylic acids is 2. The molecular weight excluding hydrogens is 424 g/mol. The predicted octanol–water partition coefficient (Wildman–Crippen LogP) is 2.31. The molecule has 0 bridgehead atoms. The number of nitrogens with one attached hydrogen (secondary N) is 2. The number of rotatable bonds is 6. The number of anilines is 1. The summed E-state index contributed by atoms with van der Waals surface area (Å²) in [4.78, 5) is 24.2. The number of piperidine rings is 1. The van der Waals surface area contributed by atoms with Crippen LogP contribution in [0, 0.1) is 11.3 Å². The van der Waals surface area contributed by atoms with Gasteiger partial charge in [-0.05, 0) is 42.8 Å². The highest BCUT2D eigenvalue weighted by Gasteiger charge is 2.33. The molecule has 1 aromatic heterocycles. The fourth-order valence-corrected chi connectivity index (χ4v) is 6.25. The number of hydrogen-bond acceptors (Lipinski definition) is 6. The van der Waals surface area contributed by atoms with E-state index >= 15 is 0 Å². The van der Waals surface area contributed by atoms with E-state index in [1.807, 2.05) is 6.07 Å². The summed E-state index contributed by atoms with van der Waals surface area (Å²) in [5, 5.41) is 15.8. The second-order valence-electron chi connectivity index (χ2n) is 6.85. The molecule has 1 aliphatic rings. The van der Waals surface area contributed by atoms with Gasteiger partial charge in [0.2, 0.25) is 0 Å². The van der Waals surface area contributed by atoms with Gasteiger partial charge in [-0.25, -0.2) is 8.42 Å². The van der Waals surface area contributed by atoms with Crippen LogP contribution in [0.25, 0.3) is 0 Å². The Balaban J connectivity index is 1.56. The van der Waals surface area contributed by atoms with Gasteiger partial charge in [-0.3, -0.25) is 9.59 Å². The van der Waals surface area contributed by atoms with Gasteiger partial charge in [-0.15, -0.1) is 11.3 Å². The molecule has 1 aliphatic heterocycles. The Morgan fingerprint density at radius 2 is 1.97 bits per heavy atom. The molecule has 3 rings (SSSR count). The Labute approximate surface area is 179 Å². The summed E-state index contributed by atoms with van der Waals surface area (Å²) >= 11 is 1.19.